The number of aromatic nitrogens is 4. The normalized spacial score (nSPS) is 20.4. The summed E-state index contributed by atoms with van der Waals surface area (Å²) < 4.78 is 9.79. The van der Waals surface area contributed by atoms with E-state index in [1.54, 1.807) is 0 Å². The van der Waals surface area contributed by atoms with Gasteiger partial charge in [-0.2, -0.15) is 5.10 Å². The zero-order valence-corrected chi connectivity index (χ0v) is 13.0. The summed E-state index contributed by atoms with van der Waals surface area (Å²) in [6.45, 7) is 8.77. The Morgan fingerprint density at radius 2 is 2.19 bits per heavy atom. The van der Waals surface area contributed by atoms with Gasteiger partial charge in [-0.25, -0.2) is 4.98 Å². The summed E-state index contributed by atoms with van der Waals surface area (Å²) in [5.41, 5.74) is 9.02. The monoisotopic (exact) mass is 292 g/mol. The molecule has 2 aromatic heterocycles. The first-order valence-corrected chi connectivity index (χ1v) is 7.65. The first-order chi connectivity index (χ1) is 10.1. The molecule has 3 rings (SSSR count). The maximum absolute atomic E-state index is 6.12. The molecule has 1 saturated heterocycles. The highest BCUT2D eigenvalue weighted by Crippen LogP contribution is 2.22. The van der Waals surface area contributed by atoms with Crippen molar-refractivity contribution in [2.45, 2.75) is 32.9 Å². The van der Waals surface area contributed by atoms with E-state index in [0.29, 0.717) is 5.95 Å². The maximum atomic E-state index is 6.12. The second kappa shape index (κ2) is 5.65. The number of morpholine rings is 1. The lowest BCUT2D eigenvalue weighted by atomic mass is 10.2. The van der Waals surface area contributed by atoms with Crippen LogP contribution in [0.2, 0.25) is 0 Å². The number of rotatable bonds is 4. The number of nitrogen functional groups attached to an aromatic ring is 1. The van der Waals surface area contributed by atoms with Crippen molar-refractivity contribution in [1.82, 2.24) is 24.2 Å². The number of imidazole rings is 1. The number of nitrogens with zero attached hydrogens (tertiary/aromatic N) is 5. The molecule has 1 atom stereocenters. The molecular formula is C14H24N6O. The molecule has 1 aliphatic heterocycles. The van der Waals surface area contributed by atoms with E-state index in [-0.39, 0.29) is 6.10 Å². The Kier molecular flexibility index (Phi) is 3.86. The highest BCUT2D eigenvalue weighted by atomic mass is 16.5. The molecule has 0 spiro atoms. The summed E-state index contributed by atoms with van der Waals surface area (Å²) in [5.74, 6) is 0.546. The van der Waals surface area contributed by atoms with Crippen LogP contribution in [-0.4, -0.2) is 56.6 Å². The van der Waals surface area contributed by atoms with Gasteiger partial charge >= 0.3 is 0 Å². The first kappa shape index (κ1) is 14.3. The number of ether oxygens (including phenoxy) is 1. The molecule has 0 aromatic carbocycles. The lowest BCUT2D eigenvalue weighted by Gasteiger charge is -2.32. The molecule has 0 saturated carbocycles. The van der Waals surface area contributed by atoms with Crippen LogP contribution in [0.4, 0.5) is 5.95 Å². The SMILES string of the molecule is CCc1nn(C)c2c1nc(N)n2CC1CN(CC)CCO1. The highest BCUT2D eigenvalue weighted by Gasteiger charge is 2.23. The minimum absolute atomic E-state index is 0.151. The fourth-order valence-corrected chi connectivity index (χ4v) is 3.06. The standard InChI is InChI=1S/C14H24N6O/c1-4-11-12-13(18(3)17-11)20(14(15)16-12)9-10-8-19(5-2)6-7-21-10/h10H,4-9H2,1-3H3,(H2,15,16). The van der Waals surface area contributed by atoms with Gasteiger partial charge in [0.2, 0.25) is 5.95 Å². The number of aryl methyl sites for hydroxylation is 2. The highest BCUT2D eigenvalue weighted by molar-refractivity contribution is 5.77. The largest absolute Gasteiger partial charge is 0.374 e. The first-order valence-electron chi connectivity index (χ1n) is 7.65. The molecule has 1 aliphatic rings. The molecule has 0 amide bonds. The van der Waals surface area contributed by atoms with E-state index in [2.05, 4.69) is 28.8 Å². The quantitative estimate of drug-likeness (QED) is 0.895. The molecule has 0 radical (unpaired) electrons. The molecule has 0 bridgehead atoms. The number of likely N-dealkylation sites (N-methyl/N-ethyl adjacent to an activating group) is 1. The Balaban J connectivity index is 1.90. The van der Waals surface area contributed by atoms with Crippen LogP contribution in [0.15, 0.2) is 0 Å². The van der Waals surface area contributed by atoms with Gasteiger partial charge in [0.15, 0.2) is 5.65 Å². The van der Waals surface area contributed by atoms with E-state index in [4.69, 9.17) is 10.5 Å². The van der Waals surface area contributed by atoms with E-state index < -0.39 is 0 Å². The van der Waals surface area contributed by atoms with Crippen LogP contribution in [0.1, 0.15) is 19.5 Å². The summed E-state index contributed by atoms with van der Waals surface area (Å²) in [6, 6.07) is 0. The molecule has 2 N–H and O–H groups in total. The van der Waals surface area contributed by atoms with Crippen molar-refractivity contribution in [3.05, 3.63) is 5.69 Å². The lowest BCUT2D eigenvalue weighted by Crippen LogP contribution is -2.44. The van der Waals surface area contributed by atoms with Crippen LogP contribution in [0.5, 0.6) is 0 Å². The lowest BCUT2D eigenvalue weighted by molar-refractivity contribution is -0.0336. The van der Waals surface area contributed by atoms with Crippen molar-refractivity contribution in [3.8, 4) is 0 Å². The molecular weight excluding hydrogens is 268 g/mol. The minimum atomic E-state index is 0.151. The topological polar surface area (TPSA) is 74.1 Å². The average Bonchev–Trinajstić information content (AvgIpc) is 2.97. The van der Waals surface area contributed by atoms with Gasteiger partial charge in [0.25, 0.3) is 0 Å². The summed E-state index contributed by atoms with van der Waals surface area (Å²) >= 11 is 0. The van der Waals surface area contributed by atoms with Crippen LogP contribution in [0.25, 0.3) is 11.2 Å². The molecule has 1 unspecified atom stereocenters. The molecule has 3 heterocycles. The van der Waals surface area contributed by atoms with Gasteiger partial charge < -0.3 is 10.5 Å². The molecule has 21 heavy (non-hydrogen) atoms. The predicted octanol–water partition coefficient (Wildman–Crippen LogP) is 0.635. The zero-order chi connectivity index (χ0) is 15.0. The molecule has 1 fully saturated rings. The zero-order valence-electron chi connectivity index (χ0n) is 13.0. The van der Waals surface area contributed by atoms with Gasteiger partial charge in [-0.05, 0) is 13.0 Å². The number of nitrogens with two attached hydrogens (primary N) is 1. The van der Waals surface area contributed by atoms with Crippen molar-refractivity contribution in [2.24, 2.45) is 7.05 Å². The Hall–Kier alpha value is -1.60. The summed E-state index contributed by atoms with van der Waals surface area (Å²) in [7, 11) is 1.94. The summed E-state index contributed by atoms with van der Waals surface area (Å²) in [5, 5.41) is 4.52. The van der Waals surface area contributed by atoms with Crippen LogP contribution in [0, 0.1) is 0 Å². The molecule has 0 aliphatic carbocycles. The van der Waals surface area contributed by atoms with Crippen LogP contribution in [-0.2, 0) is 24.8 Å². The second-order valence-electron chi connectivity index (χ2n) is 5.56. The van der Waals surface area contributed by atoms with Gasteiger partial charge in [0, 0.05) is 20.1 Å². The van der Waals surface area contributed by atoms with Crippen molar-refractivity contribution in [3.63, 3.8) is 0 Å². The third kappa shape index (κ3) is 2.51. The Morgan fingerprint density at radius 1 is 1.38 bits per heavy atom. The van der Waals surface area contributed by atoms with Gasteiger partial charge in [0.1, 0.15) is 5.52 Å². The Morgan fingerprint density at radius 3 is 2.90 bits per heavy atom. The Bertz CT molecular complexity index is 631. The number of hydrogen-bond acceptors (Lipinski definition) is 5. The molecule has 2 aromatic rings. The number of fused-ring (bicyclic) bond motifs is 1. The average molecular weight is 292 g/mol. The third-order valence-corrected chi connectivity index (χ3v) is 4.21. The number of hydrogen-bond donors (Lipinski definition) is 1. The second-order valence-corrected chi connectivity index (χ2v) is 5.56. The van der Waals surface area contributed by atoms with Crippen molar-refractivity contribution in [1.29, 1.82) is 0 Å². The van der Waals surface area contributed by atoms with Crippen LogP contribution in [0.3, 0.4) is 0 Å². The van der Waals surface area contributed by atoms with Crippen molar-refractivity contribution in [2.75, 3.05) is 32.0 Å². The Labute approximate surface area is 124 Å². The van der Waals surface area contributed by atoms with Gasteiger partial charge in [-0.15, -0.1) is 0 Å². The van der Waals surface area contributed by atoms with E-state index in [0.717, 1.165) is 56.1 Å². The number of anilines is 1. The van der Waals surface area contributed by atoms with Crippen LogP contribution >= 0.6 is 0 Å². The third-order valence-electron chi connectivity index (χ3n) is 4.21. The van der Waals surface area contributed by atoms with Gasteiger partial charge in [0.05, 0.1) is 24.9 Å². The fourth-order valence-electron chi connectivity index (χ4n) is 3.06. The van der Waals surface area contributed by atoms with E-state index in [9.17, 15) is 0 Å². The van der Waals surface area contributed by atoms with Gasteiger partial charge in [-0.1, -0.05) is 13.8 Å². The van der Waals surface area contributed by atoms with Crippen LogP contribution < -0.4 is 5.73 Å². The van der Waals surface area contributed by atoms with Crippen molar-refractivity contribution < 1.29 is 4.74 Å². The minimum Gasteiger partial charge on any atom is -0.374 e. The molecule has 7 heteroatoms. The van der Waals surface area contributed by atoms with Crippen molar-refractivity contribution >= 4 is 17.1 Å². The van der Waals surface area contributed by atoms with E-state index in [1.165, 1.54) is 0 Å². The molecule has 7 nitrogen and oxygen atoms in total. The van der Waals surface area contributed by atoms with E-state index >= 15 is 0 Å². The fraction of sp³-hybridized carbons (Fsp3) is 0.714. The maximum Gasteiger partial charge on any atom is 0.202 e. The summed E-state index contributed by atoms with van der Waals surface area (Å²) in [6.07, 6.45) is 1.01. The van der Waals surface area contributed by atoms with E-state index in [1.807, 2.05) is 16.3 Å². The predicted molar refractivity (Wildman–Crippen MR) is 82.1 cm³/mol. The smallest absolute Gasteiger partial charge is 0.202 e. The van der Waals surface area contributed by atoms with Gasteiger partial charge in [-0.3, -0.25) is 14.1 Å². The summed E-state index contributed by atoms with van der Waals surface area (Å²) in [4.78, 5) is 6.90. The molecule has 116 valence electrons.